The van der Waals surface area contributed by atoms with Crippen LogP contribution in [0, 0.1) is 27.7 Å². The fourth-order valence-corrected chi connectivity index (χ4v) is 3.60. The number of nitrogens with two attached hydrogens (primary N) is 1. The summed E-state index contributed by atoms with van der Waals surface area (Å²) in [5.74, 6) is 0. The molecule has 0 amide bonds. The van der Waals surface area contributed by atoms with E-state index in [9.17, 15) is 0 Å². The molecule has 0 bridgehead atoms. The third-order valence-corrected chi connectivity index (χ3v) is 5.01. The summed E-state index contributed by atoms with van der Waals surface area (Å²) in [6, 6.07) is 4.41. The van der Waals surface area contributed by atoms with E-state index in [1.807, 2.05) is 11.6 Å². The zero-order chi connectivity index (χ0) is 15.7. The molecule has 1 aromatic heterocycles. The van der Waals surface area contributed by atoms with Gasteiger partial charge in [0, 0.05) is 19.0 Å². The number of halogens is 1. The standard InChI is InChI=1S/C17H24BrN3/c1-6-21-15(17(18)13(5)20-21)9-14(19)16-11(3)7-10(2)8-12(16)4/h7-8,14H,6,9,19H2,1-5H3. The van der Waals surface area contributed by atoms with Crippen molar-refractivity contribution in [1.82, 2.24) is 9.78 Å². The normalized spacial score (nSPS) is 12.7. The molecule has 0 aliphatic heterocycles. The molecule has 1 heterocycles. The third kappa shape index (κ3) is 3.22. The molecule has 114 valence electrons. The van der Waals surface area contributed by atoms with Crippen LogP contribution in [0.15, 0.2) is 16.6 Å². The highest BCUT2D eigenvalue weighted by Crippen LogP contribution is 2.29. The van der Waals surface area contributed by atoms with Gasteiger partial charge in [-0.15, -0.1) is 0 Å². The number of aryl methyl sites for hydroxylation is 5. The maximum absolute atomic E-state index is 6.52. The molecule has 0 saturated carbocycles. The lowest BCUT2D eigenvalue weighted by Gasteiger charge is -2.19. The molecular weight excluding hydrogens is 326 g/mol. The Balaban J connectivity index is 2.37. The van der Waals surface area contributed by atoms with Crippen LogP contribution in [-0.2, 0) is 13.0 Å². The summed E-state index contributed by atoms with van der Waals surface area (Å²) in [7, 11) is 0. The van der Waals surface area contributed by atoms with Crippen LogP contribution in [-0.4, -0.2) is 9.78 Å². The molecule has 4 heteroatoms. The first-order chi connectivity index (χ1) is 9.85. The van der Waals surface area contributed by atoms with E-state index >= 15 is 0 Å². The minimum atomic E-state index is -0.0108. The molecular formula is C17H24BrN3. The van der Waals surface area contributed by atoms with Gasteiger partial charge in [-0.25, -0.2) is 0 Å². The lowest BCUT2D eigenvalue weighted by Crippen LogP contribution is -2.18. The van der Waals surface area contributed by atoms with E-state index in [0.717, 1.165) is 23.1 Å². The molecule has 1 aromatic carbocycles. The maximum Gasteiger partial charge on any atom is 0.0738 e. The van der Waals surface area contributed by atoms with Crippen molar-refractivity contribution < 1.29 is 0 Å². The van der Waals surface area contributed by atoms with Crippen molar-refractivity contribution in [3.8, 4) is 0 Å². The van der Waals surface area contributed by atoms with E-state index in [4.69, 9.17) is 5.73 Å². The second-order valence-electron chi connectivity index (χ2n) is 5.78. The van der Waals surface area contributed by atoms with Crippen LogP contribution in [0.5, 0.6) is 0 Å². The van der Waals surface area contributed by atoms with Crippen molar-refractivity contribution in [2.24, 2.45) is 5.73 Å². The fraction of sp³-hybridized carbons (Fsp3) is 0.471. The smallest absolute Gasteiger partial charge is 0.0738 e. The average molecular weight is 350 g/mol. The average Bonchev–Trinajstić information content (AvgIpc) is 2.65. The monoisotopic (exact) mass is 349 g/mol. The number of nitrogens with zero attached hydrogens (tertiary/aromatic N) is 2. The third-order valence-electron chi connectivity index (χ3n) is 3.97. The van der Waals surface area contributed by atoms with Crippen LogP contribution in [0.3, 0.4) is 0 Å². The van der Waals surface area contributed by atoms with Crippen LogP contribution in [0.1, 0.15) is 46.6 Å². The Hall–Kier alpha value is -1.13. The number of benzene rings is 1. The molecule has 21 heavy (non-hydrogen) atoms. The molecule has 2 aromatic rings. The van der Waals surface area contributed by atoms with Crippen molar-refractivity contribution in [3.05, 3.63) is 50.2 Å². The highest BCUT2D eigenvalue weighted by Gasteiger charge is 2.19. The van der Waals surface area contributed by atoms with Crippen LogP contribution < -0.4 is 5.73 Å². The lowest BCUT2D eigenvalue weighted by atomic mass is 9.92. The minimum Gasteiger partial charge on any atom is -0.324 e. The van der Waals surface area contributed by atoms with E-state index in [-0.39, 0.29) is 6.04 Å². The minimum absolute atomic E-state index is 0.0108. The van der Waals surface area contributed by atoms with Gasteiger partial charge >= 0.3 is 0 Å². The molecule has 1 unspecified atom stereocenters. The molecule has 2 rings (SSSR count). The summed E-state index contributed by atoms with van der Waals surface area (Å²) in [5.41, 5.74) is 13.8. The van der Waals surface area contributed by atoms with Gasteiger partial charge in [0.1, 0.15) is 0 Å². The number of aromatic nitrogens is 2. The van der Waals surface area contributed by atoms with Gasteiger partial charge in [0.2, 0.25) is 0 Å². The highest BCUT2D eigenvalue weighted by atomic mass is 79.9. The second-order valence-corrected chi connectivity index (χ2v) is 6.58. The van der Waals surface area contributed by atoms with Crippen molar-refractivity contribution in [2.75, 3.05) is 0 Å². The van der Waals surface area contributed by atoms with Gasteiger partial charge in [-0.1, -0.05) is 17.7 Å². The van der Waals surface area contributed by atoms with E-state index in [0.29, 0.717) is 0 Å². The molecule has 2 N–H and O–H groups in total. The number of hydrogen-bond acceptors (Lipinski definition) is 2. The number of hydrogen-bond donors (Lipinski definition) is 1. The SMILES string of the molecule is CCn1nc(C)c(Br)c1CC(N)c1c(C)cc(C)cc1C. The zero-order valence-corrected chi connectivity index (χ0v) is 15.1. The summed E-state index contributed by atoms with van der Waals surface area (Å²) >= 11 is 3.65. The van der Waals surface area contributed by atoms with Crippen molar-refractivity contribution in [1.29, 1.82) is 0 Å². The van der Waals surface area contributed by atoms with Crippen LogP contribution in [0.25, 0.3) is 0 Å². The first-order valence-electron chi connectivity index (χ1n) is 7.40. The Morgan fingerprint density at radius 3 is 2.29 bits per heavy atom. The van der Waals surface area contributed by atoms with Gasteiger partial charge < -0.3 is 5.73 Å². The van der Waals surface area contributed by atoms with Gasteiger partial charge in [-0.2, -0.15) is 5.10 Å². The Kier molecular flexibility index (Phi) is 4.89. The summed E-state index contributed by atoms with van der Waals surface area (Å²) in [5, 5.41) is 4.55. The topological polar surface area (TPSA) is 43.8 Å². The second kappa shape index (κ2) is 6.32. The fourth-order valence-electron chi connectivity index (χ4n) is 3.15. The van der Waals surface area contributed by atoms with E-state index in [1.165, 1.54) is 27.9 Å². The molecule has 1 atom stereocenters. The zero-order valence-electron chi connectivity index (χ0n) is 13.5. The van der Waals surface area contributed by atoms with Crippen molar-refractivity contribution >= 4 is 15.9 Å². The summed E-state index contributed by atoms with van der Waals surface area (Å²) in [4.78, 5) is 0. The van der Waals surface area contributed by atoms with E-state index in [2.05, 4.69) is 60.9 Å². The number of rotatable bonds is 4. The highest BCUT2D eigenvalue weighted by molar-refractivity contribution is 9.10. The summed E-state index contributed by atoms with van der Waals surface area (Å²) < 4.78 is 3.13. The molecule has 3 nitrogen and oxygen atoms in total. The lowest BCUT2D eigenvalue weighted by molar-refractivity contribution is 0.584. The van der Waals surface area contributed by atoms with Crippen LogP contribution in [0.4, 0.5) is 0 Å². The van der Waals surface area contributed by atoms with Gasteiger partial charge in [-0.05, 0) is 67.2 Å². The van der Waals surface area contributed by atoms with Crippen LogP contribution in [0.2, 0.25) is 0 Å². The van der Waals surface area contributed by atoms with Crippen LogP contribution >= 0.6 is 15.9 Å². The van der Waals surface area contributed by atoms with Crippen molar-refractivity contribution in [3.63, 3.8) is 0 Å². The molecule has 0 spiro atoms. The molecule has 0 aliphatic carbocycles. The maximum atomic E-state index is 6.52. The largest absolute Gasteiger partial charge is 0.324 e. The van der Waals surface area contributed by atoms with Gasteiger partial charge in [-0.3, -0.25) is 4.68 Å². The molecule has 0 fully saturated rings. The first kappa shape index (κ1) is 16.2. The van der Waals surface area contributed by atoms with Crippen molar-refractivity contribution in [2.45, 2.75) is 53.6 Å². The van der Waals surface area contributed by atoms with Gasteiger partial charge in [0.05, 0.1) is 15.9 Å². The molecule has 0 aliphatic rings. The molecule has 0 radical (unpaired) electrons. The Labute approximate surface area is 135 Å². The summed E-state index contributed by atoms with van der Waals surface area (Å²) in [6.45, 7) is 11.4. The van der Waals surface area contributed by atoms with E-state index in [1.54, 1.807) is 0 Å². The predicted octanol–water partition coefficient (Wildman–Crippen LogP) is 4.14. The quantitative estimate of drug-likeness (QED) is 0.901. The Morgan fingerprint density at radius 2 is 1.76 bits per heavy atom. The Bertz CT molecular complexity index is 635. The predicted molar refractivity (Wildman–Crippen MR) is 91.6 cm³/mol. The van der Waals surface area contributed by atoms with E-state index < -0.39 is 0 Å². The summed E-state index contributed by atoms with van der Waals surface area (Å²) in [6.07, 6.45) is 0.792. The van der Waals surface area contributed by atoms with Gasteiger partial charge in [0.15, 0.2) is 0 Å². The van der Waals surface area contributed by atoms with Gasteiger partial charge in [0.25, 0.3) is 0 Å². The Morgan fingerprint density at radius 1 is 1.19 bits per heavy atom. The molecule has 0 saturated heterocycles. The first-order valence-corrected chi connectivity index (χ1v) is 8.19.